The van der Waals surface area contributed by atoms with Gasteiger partial charge in [-0.1, -0.05) is 6.42 Å². The zero-order valence-corrected chi connectivity index (χ0v) is 19.4. The first kappa shape index (κ1) is 22.8. The van der Waals surface area contributed by atoms with E-state index in [1.807, 2.05) is 25.7 Å². The lowest BCUT2D eigenvalue weighted by Crippen LogP contribution is -2.51. The summed E-state index contributed by atoms with van der Waals surface area (Å²) >= 11 is 0. The van der Waals surface area contributed by atoms with E-state index in [1.54, 1.807) is 6.92 Å². The summed E-state index contributed by atoms with van der Waals surface area (Å²) in [5, 5.41) is 0. The highest BCUT2D eigenvalue weighted by Gasteiger charge is 2.46. The first-order chi connectivity index (χ1) is 13.5. The second-order valence-electron chi connectivity index (χ2n) is 10.2. The van der Waals surface area contributed by atoms with E-state index in [0.29, 0.717) is 5.92 Å². The summed E-state index contributed by atoms with van der Waals surface area (Å²) in [6.07, 6.45) is 6.16. The van der Waals surface area contributed by atoms with E-state index in [0.717, 1.165) is 71.2 Å². The fourth-order valence-electron chi connectivity index (χ4n) is 5.24. The van der Waals surface area contributed by atoms with Gasteiger partial charge in [-0.05, 0) is 84.2 Å². The molecule has 0 aromatic carbocycles. The summed E-state index contributed by atoms with van der Waals surface area (Å²) in [5.74, 6) is 0.649. The predicted molar refractivity (Wildman–Crippen MR) is 114 cm³/mol. The molecule has 0 unspecified atom stereocenters. The Morgan fingerprint density at radius 3 is 2.45 bits per heavy atom. The molecule has 1 spiro atoms. The Labute approximate surface area is 176 Å². The Balaban J connectivity index is 1.47. The molecule has 1 aliphatic carbocycles. The van der Waals surface area contributed by atoms with Gasteiger partial charge in [-0.3, -0.25) is 0 Å². The van der Waals surface area contributed by atoms with Gasteiger partial charge in [-0.25, -0.2) is 17.9 Å². The van der Waals surface area contributed by atoms with Crippen molar-refractivity contribution in [3.05, 3.63) is 0 Å². The Hall–Kier alpha value is -0.860. The number of piperidine rings is 1. The van der Waals surface area contributed by atoms with E-state index in [4.69, 9.17) is 4.74 Å². The topological polar surface area (TPSA) is 79.0 Å². The van der Waals surface area contributed by atoms with Crippen LogP contribution in [0.15, 0.2) is 0 Å². The van der Waals surface area contributed by atoms with Crippen molar-refractivity contribution >= 4 is 16.1 Å². The first-order valence-corrected chi connectivity index (χ1v) is 12.9. The van der Waals surface area contributed by atoms with E-state index >= 15 is 0 Å². The molecule has 3 fully saturated rings. The SMILES string of the molecule is CCS(=O)(=O)N[C@H]1CCCC12CCN(C[C@@H]1CCN(C(=O)OC(C)(C)C)C1)CC2. The van der Waals surface area contributed by atoms with Crippen molar-refractivity contribution in [3.63, 3.8) is 0 Å². The molecule has 7 nitrogen and oxygen atoms in total. The van der Waals surface area contributed by atoms with Gasteiger partial charge >= 0.3 is 6.09 Å². The fraction of sp³-hybridized carbons (Fsp3) is 0.952. The minimum absolute atomic E-state index is 0.101. The molecule has 3 aliphatic rings. The average Bonchev–Trinajstić information content (AvgIpc) is 3.23. The minimum Gasteiger partial charge on any atom is -0.444 e. The van der Waals surface area contributed by atoms with Crippen molar-refractivity contribution < 1.29 is 17.9 Å². The Morgan fingerprint density at radius 2 is 1.83 bits per heavy atom. The Morgan fingerprint density at radius 1 is 1.14 bits per heavy atom. The molecule has 2 atom stereocenters. The zero-order chi connectivity index (χ0) is 21.3. The lowest BCUT2D eigenvalue weighted by atomic mass is 9.74. The number of hydrogen-bond donors (Lipinski definition) is 1. The first-order valence-electron chi connectivity index (χ1n) is 11.2. The van der Waals surface area contributed by atoms with Gasteiger partial charge in [0.25, 0.3) is 0 Å². The minimum atomic E-state index is -3.15. The monoisotopic (exact) mass is 429 g/mol. The number of nitrogens with zero attached hydrogens (tertiary/aromatic N) is 2. The summed E-state index contributed by atoms with van der Waals surface area (Å²) in [5.41, 5.74) is -0.315. The molecule has 0 bridgehead atoms. The average molecular weight is 430 g/mol. The van der Waals surface area contributed by atoms with E-state index in [1.165, 1.54) is 0 Å². The maximum absolute atomic E-state index is 12.3. The number of carbonyl (C=O) groups excluding carboxylic acids is 1. The lowest BCUT2D eigenvalue weighted by Gasteiger charge is -2.43. The normalized spacial score (nSPS) is 28.2. The fourth-order valence-corrected chi connectivity index (χ4v) is 6.21. The largest absolute Gasteiger partial charge is 0.444 e. The van der Waals surface area contributed by atoms with Crippen molar-refractivity contribution in [1.82, 2.24) is 14.5 Å². The molecule has 3 rings (SSSR count). The highest BCUT2D eigenvalue weighted by molar-refractivity contribution is 7.89. The number of nitrogens with one attached hydrogen (secondary N) is 1. The van der Waals surface area contributed by atoms with Gasteiger partial charge in [0.15, 0.2) is 0 Å². The van der Waals surface area contributed by atoms with Crippen molar-refractivity contribution in [2.24, 2.45) is 11.3 Å². The van der Waals surface area contributed by atoms with Crippen LogP contribution in [0.2, 0.25) is 0 Å². The smallest absolute Gasteiger partial charge is 0.410 e. The van der Waals surface area contributed by atoms with Crippen LogP contribution in [-0.4, -0.2) is 74.4 Å². The zero-order valence-electron chi connectivity index (χ0n) is 18.6. The molecule has 0 aromatic rings. The number of likely N-dealkylation sites (tertiary alicyclic amines) is 2. The van der Waals surface area contributed by atoms with E-state index < -0.39 is 15.6 Å². The number of hydrogen-bond acceptors (Lipinski definition) is 5. The van der Waals surface area contributed by atoms with Crippen molar-refractivity contribution in [2.45, 2.75) is 77.9 Å². The number of rotatable bonds is 5. The number of ether oxygens (including phenoxy) is 1. The summed E-state index contributed by atoms with van der Waals surface area (Å²) < 4.78 is 32.7. The van der Waals surface area contributed by atoms with Gasteiger partial charge in [0.1, 0.15) is 5.60 Å². The molecule has 168 valence electrons. The Kier molecular flexibility index (Phi) is 6.85. The number of sulfonamides is 1. The van der Waals surface area contributed by atoms with Crippen LogP contribution in [0.3, 0.4) is 0 Å². The third-order valence-corrected chi connectivity index (χ3v) is 8.32. The molecule has 1 N–H and O–H groups in total. The maximum Gasteiger partial charge on any atom is 0.410 e. The third kappa shape index (κ3) is 5.85. The quantitative estimate of drug-likeness (QED) is 0.727. The standard InChI is InChI=1S/C21H39N3O4S/c1-5-29(26,27)22-18-7-6-9-21(18)10-13-23(14-11-21)15-17-8-12-24(16-17)19(25)28-20(2,3)4/h17-18,22H,5-16H2,1-4H3/t17-,18-/m0/s1. The molecule has 8 heteroatoms. The summed E-state index contributed by atoms with van der Waals surface area (Å²) in [4.78, 5) is 16.6. The highest BCUT2D eigenvalue weighted by atomic mass is 32.2. The molecular formula is C21H39N3O4S. The van der Waals surface area contributed by atoms with Crippen LogP contribution in [0, 0.1) is 11.3 Å². The van der Waals surface area contributed by atoms with Crippen LogP contribution in [0.25, 0.3) is 0 Å². The number of carbonyl (C=O) groups is 1. The molecule has 0 radical (unpaired) electrons. The van der Waals surface area contributed by atoms with Crippen LogP contribution in [0.5, 0.6) is 0 Å². The van der Waals surface area contributed by atoms with Crippen LogP contribution >= 0.6 is 0 Å². The van der Waals surface area contributed by atoms with E-state index in [-0.39, 0.29) is 23.3 Å². The van der Waals surface area contributed by atoms with Crippen molar-refractivity contribution in [1.29, 1.82) is 0 Å². The van der Waals surface area contributed by atoms with Gasteiger partial charge < -0.3 is 14.5 Å². The van der Waals surface area contributed by atoms with Crippen molar-refractivity contribution in [2.75, 3.05) is 38.5 Å². The molecule has 2 saturated heterocycles. The van der Waals surface area contributed by atoms with Crippen LogP contribution in [0.4, 0.5) is 4.79 Å². The molecule has 2 aliphatic heterocycles. The van der Waals surface area contributed by atoms with E-state index in [9.17, 15) is 13.2 Å². The number of amides is 1. The van der Waals surface area contributed by atoms with Gasteiger partial charge in [0.2, 0.25) is 10.0 Å². The lowest BCUT2D eigenvalue weighted by molar-refractivity contribution is 0.0280. The van der Waals surface area contributed by atoms with E-state index in [2.05, 4.69) is 9.62 Å². The summed E-state index contributed by atoms with van der Waals surface area (Å²) in [6, 6.07) is 0.101. The molecule has 29 heavy (non-hydrogen) atoms. The summed E-state index contributed by atoms with van der Waals surface area (Å²) in [6.45, 7) is 12.0. The molecular weight excluding hydrogens is 390 g/mol. The van der Waals surface area contributed by atoms with Gasteiger partial charge in [-0.2, -0.15) is 0 Å². The maximum atomic E-state index is 12.3. The third-order valence-electron chi connectivity index (χ3n) is 6.91. The van der Waals surface area contributed by atoms with Crippen molar-refractivity contribution in [3.8, 4) is 0 Å². The summed E-state index contributed by atoms with van der Waals surface area (Å²) in [7, 11) is -3.15. The van der Waals surface area contributed by atoms with Gasteiger partial charge in [0.05, 0.1) is 5.75 Å². The van der Waals surface area contributed by atoms with Crippen LogP contribution < -0.4 is 4.72 Å². The molecule has 1 amide bonds. The predicted octanol–water partition coefficient (Wildman–Crippen LogP) is 2.82. The van der Waals surface area contributed by atoms with Crippen LogP contribution in [0.1, 0.15) is 66.2 Å². The van der Waals surface area contributed by atoms with Gasteiger partial charge in [0, 0.05) is 25.7 Å². The molecule has 0 aromatic heterocycles. The second-order valence-corrected chi connectivity index (χ2v) is 12.3. The van der Waals surface area contributed by atoms with Gasteiger partial charge in [-0.15, -0.1) is 0 Å². The second kappa shape index (κ2) is 8.71. The Bertz CT molecular complexity index is 681. The van der Waals surface area contributed by atoms with Crippen LogP contribution in [-0.2, 0) is 14.8 Å². The molecule has 1 saturated carbocycles. The molecule has 2 heterocycles. The highest BCUT2D eigenvalue weighted by Crippen LogP contribution is 2.46.